The molecule has 0 unspecified atom stereocenters. The van der Waals surface area contributed by atoms with Crippen LogP contribution in [-0.4, -0.2) is 22.8 Å². The van der Waals surface area contributed by atoms with Crippen LogP contribution in [0.1, 0.15) is 15.9 Å². The summed E-state index contributed by atoms with van der Waals surface area (Å²) in [5.41, 5.74) is 5.79. The molecule has 0 saturated carbocycles. The SMILES string of the molecule is N#Cc1cc(N=C(N)CCl)ccc1C(=O)O. The summed E-state index contributed by atoms with van der Waals surface area (Å²) < 4.78 is 0. The van der Waals surface area contributed by atoms with Crippen molar-refractivity contribution in [3.8, 4) is 6.07 Å². The molecule has 82 valence electrons. The van der Waals surface area contributed by atoms with Gasteiger partial charge in [0.15, 0.2) is 0 Å². The highest BCUT2D eigenvalue weighted by Gasteiger charge is 2.09. The molecule has 0 bridgehead atoms. The third kappa shape index (κ3) is 2.72. The van der Waals surface area contributed by atoms with Gasteiger partial charge in [0, 0.05) is 0 Å². The molecule has 0 saturated heterocycles. The summed E-state index contributed by atoms with van der Waals surface area (Å²) in [4.78, 5) is 14.6. The van der Waals surface area contributed by atoms with Gasteiger partial charge in [0.2, 0.25) is 0 Å². The highest BCUT2D eigenvalue weighted by atomic mass is 35.5. The summed E-state index contributed by atoms with van der Waals surface area (Å²) in [5, 5.41) is 17.5. The Bertz CT molecular complexity index is 491. The fourth-order valence-electron chi connectivity index (χ4n) is 1.08. The van der Waals surface area contributed by atoms with Gasteiger partial charge in [-0.25, -0.2) is 9.79 Å². The molecule has 0 fully saturated rings. The Hall–Kier alpha value is -2.06. The van der Waals surface area contributed by atoms with Crippen molar-refractivity contribution in [2.75, 3.05) is 5.88 Å². The minimum Gasteiger partial charge on any atom is -0.478 e. The Morgan fingerprint density at radius 1 is 1.62 bits per heavy atom. The molecule has 6 heteroatoms. The number of nitriles is 1. The van der Waals surface area contributed by atoms with Crippen LogP contribution in [0.3, 0.4) is 0 Å². The van der Waals surface area contributed by atoms with Crippen LogP contribution in [0.2, 0.25) is 0 Å². The molecule has 0 aliphatic carbocycles. The van der Waals surface area contributed by atoms with Gasteiger partial charge in [0.05, 0.1) is 22.7 Å². The quantitative estimate of drug-likeness (QED) is 0.472. The first kappa shape index (κ1) is 12.0. The van der Waals surface area contributed by atoms with E-state index in [1.54, 1.807) is 6.07 Å². The average Bonchev–Trinajstić information content (AvgIpc) is 2.28. The number of rotatable bonds is 3. The van der Waals surface area contributed by atoms with Crippen molar-refractivity contribution in [1.82, 2.24) is 0 Å². The van der Waals surface area contributed by atoms with Crippen molar-refractivity contribution in [3.05, 3.63) is 29.3 Å². The lowest BCUT2D eigenvalue weighted by atomic mass is 10.1. The maximum absolute atomic E-state index is 10.7. The van der Waals surface area contributed by atoms with Crippen LogP contribution in [0, 0.1) is 11.3 Å². The topological polar surface area (TPSA) is 99.5 Å². The zero-order valence-corrected chi connectivity index (χ0v) is 8.90. The zero-order chi connectivity index (χ0) is 12.1. The number of carboxylic acid groups (broad SMARTS) is 1. The molecule has 3 N–H and O–H groups in total. The summed E-state index contributed by atoms with van der Waals surface area (Å²) in [6.07, 6.45) is 0. The molecule has 0 aromatic heterocycles. The standard InChI is InChI=1S/C10H8ClN3O2/c11-4-9(13)14-7-1-2-8(10(15)16)6(3-7)5-12/h1-3H,4H2,(H2,13,14)(H,15,16). The van der Waals surface area contributed by atoms with Crippen molar-refractivity contribution in [2.45, 2.75) is 0 Å². The molecule has 0 heterocycles. The highest BCUT2D eigenvalue weighted by Crippen LogP contribution is 2.18. The van der Waals surface area contributed by atoms with Crippen molar-refractivity contribution in [3.63, 3.8) is 0 Å². The second-order valence-electron chi connectivity index (χ2n) is 2.88. The fraction of sp³-hybridized carbons (Fsp3) is 0.100. The van der Waals surface area contributed by atoms with E-state index in [0.29, 0.717) is 5.69 Å². The predicted molar refractivity (Wildman–Crippen MR) is 60.1 cm³/mol. The smallest absolute Gasteiger partial charge is 0.337 e. The van der Waals surface area contributed by atoms with Crippen molar-refractivity contribution < 1.29 is 9.90 Å². The van der Waals surface area contributed by atoms with Crippen molar-refractivity contribution in [1.29, 1.82) is 5.26 Å². The van der Waals surface area contributed by atoms with Crippen LogP contribution in [-0.2, 0) is 0 Å². The molecule has 0 aliphatic heterocycles. The number of aromatic carboxylic acids is 1. The molecule has 0 aliphatic rings. The number of nitrogens with two attached hydrogens (primary N) is 1. The van der Waals surface area contributed by atoms with Crippen molar-refractivity contribution in [2.24, 2.45) is 10.7 Å². The average molecular weight is 238 g/mol. The fourth-order valence-corrected chi connectivity index (χ4v) is 1.14. The number of hydrogen-bond acceptors (Lipinski definition) is 3. The van der Waals surface area contributed by atoms with Crippen LogP contribution in [0.25, 0.3) is 0 Å². The number of hydrogen-bond donors (Lipinski definition) is 2. The molecule has 1 aromatic carbocycles. The monoisotopic (exact) mass is 237 g/mol. The maximum Gasteiger partial charge on any atom is 0.337 e. The Morgan fingerprint density at radius 3 is 2.81 bits per heavy atom. The van der Waals surface area contributed by atoms with Crippen LogP contribution in [0.5, 0.6) is 0 Å². The van der Waals surface area contributed by atoms with Gasteiger partial charge >= 0.3 is 5.97 Å². The number of halogens is 1. The lowest BCUT2D eigenvalue weighted by molar-refractivity contribution is 0.0696. The number of carbonyl (C=O) groups is 1. The summed E-state index contributed by atoms with van der Waals surface area (Å²) in [7, 11) is 0. The van der Waals surface area contributed by atoms with E-state index in [1.165, 1.54) is 18.2 Å². The van der Waals surface area contributed by atoms with Gasteiger partial charge in [-0.1, -0.05) is 0 Å². The predicted octanol–water partition coefficient (Wildman–Crippen LogP) is 1.48. The Labute approximate surface area is 96.8 Å². The van der Waals surface area contributed by atoms with E-state index in [9.17, 15) is 4.79 Å². The van der Waals surface area contributed by atoms with Crippen LogP contribution < -0.4 is 5.73 Å². The zero-order valence-electron chi connectivity index (χ0n) is 8.14. The highest BCUT2D eigenvalue weighted by molar-refractivity contribution is 6.28. The summed E-state index contributed by atoms with van der Waals surface area (Å²) in [6.45, 7) is 0. The first-order valence-corrected chi connectivity index (χ1v) is 4.78. The van der Waals surface area contributed by atoms with Crippen LogP contribution >= 0.6 is 11.6 Å². The minimum atomic E-state index is -1.16. The molecular formula is C10H8ClN3O2. The summed E-state index contributed by atoms with van der Waals surface area (Å²) in [5.74, 6) is -0.881. The third-order valence-corrected chi connectivity index (χ3v) is 2.04. The van der Waals surface area contributed by atoms with E-state index in [2.05, 4.69) is 4.99 Å². The molecular weight excluding hydrogens is 230 g/mol. The van der Waals surface area contributed by atoms with Gasteiger partial charge in [0.25, 0.3) is 0 Å². The van der Waals surface area contributed by atoms with Gasteiger partial charge in [-0.2, -0.15) is 5.26 Å². The lowest BCUT2D eigenvalue weighted by Gasteiger charge is -2.00. The molecule has 0 atom stereocenters. The van der Waals surface area contributed by atoms with Gasteiger partial charge in [-0.3, -0.25) is 0 Å². The Kier molecular flexibility index (Phi) is 3.86. The Balaban J connectivity index is 3.21. The number of amidine groups is 1. The molecule has 16 heavy (non-hydrogen) atoms. The molecule has 0 spiro atoms. The van der Waals surface area contributed by atoms with Gasteiger partial charge in [0.1, 0.15) is 11.9 Å². The molecule has 1 aromatic rings. The second kappa shape index (κ2) is 5.14. The first-order chi connectivity index (χ1) is 7.58. The van der Waals surface area contributed by atoms with E-state index >= 15 is 0 Å². The summed E-state index contributed by atoms with van der Waals surface area (Å²) >= 11 is 5.44. The van der Waals surface area contributed by atoms with E-state index in [0.717, 1.165) is 0 Å². The molecule has 1 rings (SSSR count). The van der Waals surface area contributed by atoms with Gasteiger partial charge in [-0.05, 0) is 18.2 Å². The number of benzene rings is 1. The van der Waals surface area contributed by atoms with E-state index in [-0.39, 0.29) is 22.8 Å². The van der Waals surface area contributed by atoms with E-state index in [1.807, 2.05) is 0 Å². The first-order valence-electron chi connectivity index (χ1n) is 4.25. The largest absolute Gasteiger partial charge is 0.478 e. The summed E-state index contributed by atoms with van der Waals surface area (Å²) in [6, 6.07) is 5.90. The van der Waals surface area contributed by atoms with Crippen molar-refractivity contribution >= 4 is 29.1 Å². The lowest BCUT2D eigenvalue weighted by Crippen LogP contribution is -2.12. The molecule has 0 amide bonds. The Morgan fingerprint density at radius 2 is 2.31 bits per heavy atom. The van der Waals surface area contributed by atoms with Gasteiger partial charge in [-0.15, -0.1) is 11.6 Å². The number of alkyl halides is 1. The normalized spacial score (nSPS) is 10.9. The molecule has 0 radical (unpaired) electrons. The van der Waals surface area contributed by atoms with E-state index < -0.39 is 5.97 Å². The van der Waals surface area contributed by atoms with E-state index in [4.69, 9.17) is 27.7 Å². The van der Waals surface area contributed by atoms with Crippen LogP contribution in [0.4, 0.5) is 5.69 Å². The maximum atomic E-state index is 10.7. The number of aliphatic imine (C=N–C) groups is 1. The number of carboxylic acids is 1. The minimum absolute atomic E-state index is 0.0381. The third-order valence-electron chi connectivity index (χ3n) is 1.76. The number of nitrogens with zero attached hydrogens (tertiary/aromatic N) is 2. The van der Waals surface area contributed by atoms with Gasteiger partial charge < -0.3 is 10.8 Å². The second-order valence-corrected chi connectivity index (χ2v) is 3.15. The van der Waals surface area contributed by atoms with Crippen LogP contribution in [0.15, 0.2) is 23.2 Å². The molecule has 5 nitrogen and oxygen atoms in total.